The number of amides is 2. The van der Waals surface area contributed by atoms with Crippen LogP contribution in [0.25, 0.3) is 0 Å². The van der Waals surface area contributed by atoms with E-state index in [-0.39, 0.29) is 11.8 Å². The maximum absolute atomic E-state index is 12.1. The van der Waals surface area contributed by atoms with Crippen LogP contribution >= 0.6 is 11.6 Å². The third kappa shape index (κ3) is 4.36. The molecule has 0 unspecified atom stereocenters. The van der Waals surface area contributed by atoms with Gasteiger partial charge in [0.25, 0.3) is 5.91 Å². The predicted molar refractivity (Wildman–Crippen MR) is 97.7 cm³/mol. The highest BCUT2D eigenvalue weighted by atomic mass is 35.5. The summed E-state index contributed by atoms with van der Waals surface area (Å²) in [5.41, 5.74) is 3.32. The SMILES string of the molecule is CC(=O)N(CCNC(=O)c1ccc(C)cc1)c1cccc(Cl)c1C. The lowest BCUT2D eigenvalue weighted by Gasteiger charge is -2.23. The van der Waals surface area contributed by atoms with Gasteiger partial charge in [-0.2, -0.15) is 0 Å². The molecule has 0 spiro atoms. The number of halogens is 1. The van der Waals surface area contributed by atoms with E-state index in [9.17, 15) is 9.59 Å². The second-order valence-corrected chi connectivity index (χ2v) is 6.08. The second kappa shape index (κ2) is 7.97. The molecule has 0 heterocycles. The summed E-state index contributed by atoms with van der Waals surface area (Å²) in [5.74, 6) is -0.244. The maximum Gasteiger partial charge on any atom is 0.251 e. The highest BCUT2D eigenvalue weighted by Crippen LogP contribution is 2.26. The summed E-state index contributed by atoms with van der Waals surface area (Å²) in [6, 6.07) is 12.8. The van der Waals surface area contributed by atoms with Crippen molar-refractivity contribution >= 4 is 29.1 Å². The first kappa shape index (κ1) is 18.0. The molecule has 2 aromatic rings. The van der Waals surface area contributed by atoms with Crippen molar-refractivity contribution in [3.63, 3.8) is 0 Å². The lowest BCUT2D eigenvalue weighted by atomic mass is 10.1. The number of benzene rings is 2. The minimum Gasteiger partial charge on any atom is -0.350 e. The fraction of sp³-hybridized carbons (Fsp3) is 0.263. The fourth-order valence-electron chi connectivity index (χ4n) is 2.42. The topological polar surface area (TPSA) is 49.4 Å². The molecule has 126 valence electrons. The monoisotopic (exact) mass is 344 g/mol. The van der Waals surface area contributed by atoms with Crippen molar-refractivity contribution in [3.05, 3.63) is 64.2 Å². The van der Waals surface area contributed by atoms with Crippen molar-refractivity contribution in [2.24, 2.45) is 0 Å². The van der Waals surface area contributed by atoms with Crippen LogP contribution in [0, 0.1) is 13.8 Å². The Morgan fingerprint density at radius 2 is 1.75 bits per heavy atom. The highest BCUT2D eigenvalue weighted by molar-refractivity contribution is 6.31. The molecule has 0 fully saturated rings. The van der Waals surface area contributed by atoms with Gasteiger partial charge in [-0.05, 0) is 43.7 Å². The van der Waals surface area contributed by atoms with Crippen LogP contribution in [0.1, 0.15) is 28.4 Å². The zero-order valence-electron chi connectivity index (χ0n) is 14.1. The van der Waals surface area contributed by atoms with E-state index in [1.54, 1.807) is 23.1 Å². The summed E-state index contributed by atoms with van der Waals surface area (Å²) in [5, 5.41) is 3.46. The first-order chi connectivity index (χ1) is 11.4. The Bertz CT molecular complexity index is 742. The normalized spacial score (nSPS) is 10.3. The quantitative estimate of drug-likeness (QED) is 0.898. The van der Waals surface area contributed by atoms with E-state index >= 15 is 0 Å². The van der Waals surface area contributed by atoms with Crippen LogP contribution in [0.2, 0.25) is 5.02 Å². The van der Waals surface area contributed by atoms with E-state index in [1.807, 2.05) is 38.1 Å². The number of rotatable bonds is 5. The first-order valence-electron chi connectivity index (χ1n) is 7.78. The summed E-state index contributed by atoms with van der Waals surface area (Å²) < 4.78 is 0. The summed E-state index contributed by atoms with van der Waals surface area (Å²) in [7, 11) is 0. The molecule has 4 nitrogen and oxygen atoms in total. The van der Waals surface area contributed by atoms with Gasteiger partial charge < -0.3 is 10.2 Å². The predicted octanol–water partition coefficient (Wildman–Crippen LogP) is 3.74. The average molecular weight is 345 g/mol. The molecular weight excluding hydrogens is 324 g/mol. The Balaban J connectivity index is 2.02. The molecule has 1 N–H and O–H groups in total. The lowest BCUT2D eigenvalue weighted by molar-refractivity contribution is -0.116. The largest absolute Gasteiger partial charge is 0.350 e. The van der Waals surface area contributed by atoms with E-state index in [4.69, 9.17) is 11.6 Å². The molecule has 0 atom stereocenters. The van der Waals surface area contributed by atoms with Gasteiger partial charge in [0.05, 0.1) is 0 Å². The standard InChI is InChI=1S/C19H21ClN2O2/c1-13-7-9-16(10-8-13)19(24)21-11-12-22(15(3)23)18-6-4-5-17(20)14(18)2/h4-10H,11-12H2,1-3H3,(H,21,24). The number of carbonyl (C=O) groups excluding carboxylic acids is 2. The van der Waals surface area contributed by atoms with Crippen molar-refractivity contribution in [1.29, 1.82) is 0 Å². The minimum absolute atomic E-state index is 0.0926. The Morgan fingerprint density at radius 3 is 2.38 bits per heavy atom. The number of hydrogen-bond donors (Lipinski definition) is 1. The highest BCUT2D eigenvalue weighted by Gasteiger charge is 2.15. The van der Waals surface area contributed by atoms with Gasteiger partial charge in [-0.1, -0.05) is 35.4 Å². The van der Waals surface area contributed by atoms with Crippen molar-refractivity contribution in [2.75, 3.05) is 18.0 Å². The van der Waals surface area contributed by atoms with E-state index < -0.39 is 0 Å². The van der Waals surface area contributed by atoms with Gasteiger partial charge in [-0.3, -0.25) is 9.59 Å². The van der Waals surface area contributed by atoms with Crippen LogP contribution in [-0.2, 0) is 4.79 Å². The molecule has 0 aliphatic heterocycles. The van der Waals surface area contributed by atoms with Gasteiger partial charge in [0, 0.05) is 36.3 Å². The Morgan fingerprint density at radius 1 is 1.08 bits per heavy atom. The van der Waals surface area contributed by atoms with Gasteiger partial charge in [0.2, 0.25) is 5.91 Å². The molecular formula is C19H21ClN2O2. The number of nitrogens with zero attached hydrogens (tertiary/aromatic N) is 1. The van der Waals surface area contributed by atoms with E-state index in [2.05, 4.69) is 5.32 Å². The van der Waals surface area contributed by atoms with Gasteiger partial charge in [-0.15, -0.1) is 0 Å². The van der Waals surface area contributed by atoms with Crippen LogP contribution in [0.15, 0.2) is 42.5 Å². The van der Waals surface area contributed by atoms with Gasteiger partial charge in [-0.25, -0.2) is 0 Å². The zero-order valence-corrected chi connectivity index (χ0v) is 14.9. The van der Waals surface area contributed by atoms with Crippen LogP contribution < -0.4 is 10.2 Å². The number of nitrogens with one attached hydrogen (secondary N) is 1. The van der Waals surface area contributed by atoms with E-state index in [0.29, 0.717) is 23.7 Å². The maximum atomic E-state index is 12.1. The van der Waals surface area contributed by atoms with Gasteiger partial charge >= 0.3 is 0 Å². The van der Waals surface area contributed by atoms with Crippen LogP contribution in [0.4, 0.5) is 5.69 Å². The third-order valence-corrected chi connectivity index (χ3v) is 4.25. The summed E-state index contributed by atoms with van der Waals surface area (Å²) in [6.45, 7) is 6.09. The molecule has 2 amide bonds. The summed E-state index contributed by atoms with van der Waals surface area (Å²) in [6.07, 6.45) is 0. The first-order valence-corrected chi connectivity index (χ1v) is 8.16. The Kier molecular flexibility index (Phi) is 5.99. The molecule has 0 saturated heterocycles. The van der Waals surface area contributed by atoms with Crippen molar-refractivity contribution < 1.29 is 9.59 Å². The molecule has 0 radical (unpaired) electrons. The number of hydrogen-bond acceptors (Lipinski definition) is 2. The summed E-state index contributed by atoms with van der Waals surface area (Å²) in [4.78, 5) is 25.7. The van der Waals surface area contributed by atoms with Crippen LogP contribution in [-0.4, -0.2) is 24.9 Å². The number of anilines is 1. The number of aryl methyl sites for hydroxylation is 1. The van der Waals surface area contributed by atoms with Crippen LogP contribution in [0.5, 0.6) is 0 Å². The zero-order chi connectivity index (χ0) is 17.7. The third-order valence-electron chi connectivity index (χ3n) is 3.84. The lowest BCUT2D eigenvalue weighted by Crippen LogP contribution is -2.38. The molecule has 2 rings (SSSR count). The molecule has 0 aliphatic rings. The van der Waals surface area contributed by atoms with Crippen molar-refractivity contribution in [2.45, 2.75) is 20.8 Å². The molecule has 2 aromatic carbocycles. The Labute approximate surface area is 147 Å². The van der Waals surface area contributed by atoms with E-state index in [1.165, 1.54) is 6.92 Å². The fourth-order valence-corrected chi connectivity index (χ4v) is 2.59. The Hall–Kier alpha value is -2.33. The van der Waals surface area contributed by atoms with E-state index in [0.717, 1.165) is 16.8 Å². The molecule has 5 heteroatoms. The molecule has 0 bridgehead atoms. The smallest absolute Gasteiger partial charge is 0.251 e. The molecule has 0 aromatic heterocycles. The van der Waals surface area contributed by atoms with Crippen molar-refractivity contribution in [3.8, 4) is 0 Å². The summed E-state index contributed by atoms with van der Waals surface area (Å²) >= 11 is 6.13. The molecule has 24 heavy (non-hydrogen) atoms. The number of carbonyl (C=O) groups is 2. The minimum atomic E-state index is -0.152. The van der Waals surface area contributed by atoms with Crippen molar-refractivity contribution in [1.82, 2.24) is 5.32 Å². The molecule has 0 saturated carbocycles. The van der Waals surface area contributed by atoms with Gasteiger partial charge in [0.15, 0.2) is 0 Å². The average Bonchev–Trinajstić information content (AvgIpc) is 2.55. The van der Waals surface area contributed by atoms with Gasteiger partial charge in [0.1, 0.15) is 0 Å². The van der Waals surface area contributed by atoms with Crippen LogP contribution in [0.3, 0.4) is 0 Å². The second-order valence-electron chi connectivity index (χ2n) is 5.68. The molecule has 0 aliphatic carbocycles.